The fourth-order valence-electron chi connectivity index (χ4n) is 2.73. The maximum absolute atomic E-state index is 12.1. The van der Waals surface area contributed by atoms with Crippen LogP contribution in [0.25, 0.3) is 0 Å². The van der Waals surface area contributed by atoms with Gasteiger partial charge in [-0.1, -0.05) is 18.2 Å². The molecule has 1 unspecified atom stereocenters. The zero-order valence-electron chi connectivity index (χ0n) is 17.8. The summed E-state index contributed by atoms with van der Waals surface area (Å²) in [5.74, 6) is 1.09. The van der Waals surface area contributed by atoms with E-state index in [1.165, 1.54) is 33.4 Å². The molecule has 0 aliphatic rings. The molecule has 3 N–H and O–H groups in total. The van der Waals surface area contributed by atoms with Crippen LogP contribution in [0.5, 0.6) is 17.2 Å². The molecule has 0 fully saturated rings. The molecule has 0 heterocycles. The van der Waals surface area contributed by atoms with Crippen molar-refractivity contribution in [1.29, 1.82) is 0 Å². The molecule has 1 atom stereocenters. The van der Waals surface area contributed by atoms with E-state index in [0.717, 1.165) is 5.56 Å². The van der Waals surface area contributed by atoms with Crippen LogP contribution in [0, 0.1) is 0 Å². The van der Waals surface area contributed by atoms with Gasteiger partial charge in [0.05, 0.1) is 19.1 Å². The highest BCUT2D eigenvalue weighted by atomic mass is 32.2. The molecule has 0 bridgehead atoms. The van der Waals surface area contributed by atoms with E-state index in [4.69, 9.17) is 14.2 Å². The van der Waals surface area contributed by atoms with Gasteiger partial charge in [0.15, 0.2) is 11.5 Å². The van der Waals surface area contributed by atoms with E-state index in [1.807, 2.05) is 0 Å². The lowest BCUT2D eigenvalue weighted by atomic mass is 10.1. The Morgan fingerprint density at radius 3 is 2.23 bits per heavy atom. The summed E-state index contributed by atoms with van der Waals surface area (Å²) in [6.07, 6.45) is -0.285. The minimum absolute atomic E-state index is 0.0235. The summed E-state index contributed by atoms with van der Waals surface area (Å²) in [6, 6.07) is 11.5. The fraction of sp³-hybridized carbons (Fsp3) is 0.381. The predicted molar refractivity (Wildman–Crippen MR) is 115 cm³/mol. The molecule has 0 aliphatic heterocycles. The van der Waals surface area contributed by atoms with Crippen LogP contribution in [0.2, 0.25) is 0 Å². The Morgan fingerprint density at radius 1 is 1.06 bits per heavy atom. The number of methoxy groups -OCH3 is 2. The molecule has 0 radical (unpaired) electrons. The largest absolute Gasteiger partial charge is 0.493 e. The zero-order chi connectivity index (χ0) is 22.9. The summed E-state index contributed by atoms with van der Waals surface area (Å²) in [6.45, 7) is -0.0337. The molecule has 0 aromatic heterocycles. The van der Waals surface area contributed by atoms with Gasteiger partial charge in [0.1, 0.15) is 12.7 Å². The monoisotopic (exact) mass is 452 g/mol. The lowest BCUT2D eigenvalue weighted by Gasteiger charge is -2.17. The second kappa shape index (κ2) is 11.5. The van der Waals surface area contributed by atoms with Crippen molar-refractivity contribution >= 4 is 15.9 Å². The summed E-state index contributed by atoms with van der Waals surface area (Å²) in [5.41, 5.74) is 0.831. The van der Waals surface area contributed by atoms with E-state index in [9.17, 15) is 18.3 Å². The highest BCUT2D eigenvalue weighted by Gasteiger charge is 2.15. The van der Waals surface area contributed by atoms with Crippen LogP contribution < -0.4 is 24.2 Å². The molecular weight excluding hydrogens is 424 g/mol. The van der Waals surface area contributed by atoms with Crippen molar-refractivity contribution in [2.45, 2.75) is 23.8 Å². The number of carbonyl (C=O) groups is 1. The van der Waals surface area contributed by atoms with Crippen LogP contribution in [-0.4, -0.2) is 60.0 Å². The van der Waals surface area contributed by atoms with Gasteiger partial charge < -0.3 is 24.6 Å². The lowest BCUT2D eigenvalue weighted by molar-refractivity contribution is -0.121. The number of nitrogens with one attached hydrogen (secondary N) is 2. The fourth-order valence-corrected chi connectivity index (χ4v) is 3.46. The molecule has 0 saturated carbocycles. The van der Waals surface area contributed by atoms with Gasteiger partial charge in [-0.3, -0.25) is 4.79 Å². The summed E-state index contributed by atoms with van der Waals surface area (Å²) in [5, 5.41) is 12.8. The molecule has 2 aromatic carbocycles. The third-order valence-corrected chi connectivity index (χ3v) is 5.91. The summed E-state index contributed by atoms with van der Waals surface area (Å²) in [4.78, 5) is 12.2. The first-order valence-corrected chi connectivity index (χ1v) is 11.1. The van der Waals surface area contributed by atoms with Crippen molar-refractivity contribution in [3.63, 3.8) is 0 Å². The standard InChI is InChI=1S/C21H28N2O7S/c1-22-31(26,27)17-10-7-15(8-11-17)9-12-20(25)23-13-16(24)14-30-21-18(28-2)5-4-6-19(21)29-3/h4-8,10-11,16,22,24H,9,12-14H2,1-3H3,(H,23,25). The molecule has 0 spiro atoms. The SMILES string of the molecule is CNS(=O)(=O)c1ccc(CCC(=O)NCC(O)COc2c(OC)cccc2OC)cc1. The van der Waals surface area contributed by atoms with Crippen LogP contribution in [0.3, 0.4) is 0 Å². The number of para-hydroxylation sites is 1. The average Bonchev–Trinajstić information content (AvgIpc) is 2.79. The smallest absolute Gasteiger partial charge is 0.240 e. The Labute approximate surface area is 182 Å². The van der Waals surface area contributed by atoms with Crippen molar-refractivity contribution < 1.29 is 32.5 Å². The molecule has 31 heavy (non-hydrogen) atoms. The average molecular weight is 453 g/mol. The Bertz CT molecular complexity index is 940. The lowest BCUT2D eigenvalue weighted by Crippen LogP contribution is -2.35. The van der Waals surface area contributed by atoms with Crippen molar-refractivity contribution in [3.05, 3.63) is 48.0 Å². The van der Waals surface area contributed by atoms with Gasteiger partial charge >= 0.3 is 0 Å². The Balaban J connectivity index is 1.78. The number of aliphatic hydroxyl groups excluding tert-OH is 1. The van der Waals surface area contributed by atoms with E-state index in [0.29, 0.717) is 23.7 Å². The molecule has 9 nitrogen and oxygen atoms in total. The van der Waals surface area contributed by atoms with E-state index in [2.05, 4.69) is 10.0 Å². The van der Waals surface area contributed by atoms with Crippen LogP contribution in [0.1, 0.15) is 12.0 Å². The first kappa shape index (κ1) is 24.4. The van der Waals surface area contributed by atoms with Crippen LogP contribution >= 0.6 is 0 Å². The second-order valence-corrected chi connectivity index (χ2v) is 8.50. The molecular formula is C21H28N2O7S. The minimum atomic E-state index is -3.48. The Hall–Kier alpha value is -2.82. The minimum Gasteiger partial charge on any atom is -0.493 e. The summed E-state index contributed by atoms with van der Waals surface area (Å²) < 4.78 is 41.8. The first-order valence-electron chi connectivity index (χ1n) is 9.61. The molecule has 2 aromatic rings. The number of carbonyl (C=O) groups excluding carboxylic acids is 1. The van der Waals surface area contributed by atoms with Crippen LogP contribution in [0.4, 0.5) is 0 Å². The molecule has 1 amide bonds. The number of sulfonamides is 1. The molecule has 10 heteroatoms. The van der Waals surface area contributed by atoms with Crippen molar-refractivity contribution in [1.82, 2.24) is 10.0 Å². The first-order chi connectivity index (χ1) is 14.8. The third-order valence-electron chi connectivity index (χ3n) is 4.48. The van der Waals surface area contributed by atoms with Crippen molar-refractivity contribution in [2.75, 3.05) is 34.4 Å². The van der Waals surface area contributed by atoms with Crippen molar-refractivity contribution in [2.24, 2.45) is 0 Å². The quantitative estimate of drug-likeness (QED) is 0.441. The van der Waals surface area contributed by atoms with E-state index < -0.39 is 16.1 Å². The predicted octanol–water partition coefficient (Wildman–Crippen LogP) is 1.10. The van der Waals surface area contributed by atoms with Crippen LogP contribution in [0.15, 0.2) is 47.4 Å². The number of rotatable bonds is 12. The number of hydrogen-bond acceptors (Lipinski definition) is 7. The molecule has 2 rings (SSSR count). The van der Waals surface area contributed by atoms with E-state index in [-0.39, 0.29) is 30.4 Å². The van der Waals surface area contributed by atoms with Gasteiger partial charge in [-0.2, -0.15) is 0 Å². The van der Waals surface area contributed by atoms with Gasteiger partial charge in [-0.05, 0) is 43.3 Å². The van der Waals surface area contributed by atoms with Gasteiger partial charge in [-0.15, -0.1) is 0 Å². The highest BCUT2D eigenvalue weighted by molar-refractivity contribution is 7.89. The van der Waals surface area contributed by atoms with Gasteiger partial charge in [0, 0.05) is 13.0 Å². The summed E-state index contributed by atoms with van der Waals surface area (Å²) >= 11 is 0. The topological polar surface area (TPSA) is 123 Å². The number of benzene rings is 2. The zero-order valence-corrected chi connectivity index (χ0v) is 18.6. The van der Waals surface area contributed by atoms with Gasteiger partial charge in [0.25, 0.3) is 0 Å². The Kier molecular flexibility index (Phi) is 9.10. The van der Waals surface area contributed by atoms with E-state index in [1.54, 1.807) is 30.3 Å². The molecule has 0 aliphatic carbocycles. The number of ether oxygens (including phenoxy) is 3. The number of amides is 1. The van der Waals surface area contributed by atoms with Gasteiger partial charge in [0.2, 0.25) is 21.7 Å². The van der Waals surface area contributed by atoms with Crippen LogP contribution in [-0.2, 0) is 21.2 Å². The third kappa shape index (κ3) is 7.12. The Morgan fingerprint density at radius 2 is 1.68 bits per heavy atom. The maximum atomic E-state index is 12.1. The normalized spacial score (nSPS) is 12.1. The number of aliphatic hydroxyl groups is 1. The maximum Gasteiger partial charge on any atom is 0.240 e. The molecule has 170 valence electrons. The van der Waals surface area contributed by atoms with E-state index >= 15 is 0 Å². The van der Waals surface area contributed by atoms with Gasteiger partial charge in [-0.25, -0.2) is 13.1 Å². The van der Waals surface area contributed by atoms with Crippen molar-refractivity contribution in [3.8, 4) is 17.2 Å². The second-order valence-electron chi connectivity index (χ2n) is 6.61. The number of aryl methyl sites for hydroxylation is 1. The number of hydrogen-bond donors (Lipinski definition) is 3. The summed E-state index contributed by atoms with van der Waals surface area (Å²) in [7, 11) is 0.874. The highest BCUT2D eigenvalue weighted by Crippen LogP contribution is 2.36. The molecule has 0 saturated heterocycles.